The van der Waals surface area contributed by atoms with Crippen molar-refractivity contribution >= 4 is 43.8 Å². The van der Waals surface area contributed by atoms with Gasteiger partial charge in [-0.3, -0.25) is 0 Å². The van der Waals surface area contributed by atoms with Crippen molar-refractivity contribution in [2.24, 2.45) is 0 Å². The molecule has 10 rings (SSSR count). The second-order valence-corrected chi connectivity index (χ2v) is 14.9. The van der Waals surface area contributed by atoms with Gasteiger partial charge in [0.15, 0.2) is 0 Å². The monoisotopic (exact) mass is 702 g/mol. The SMILES string of the molecule is C=C1/C(=C(/c2ccccc2)c2c(Cc3ccccc3)cc3c4c(cccc24)-c2ccc(/C(=C/CC)c4ccccc4CC)cc2-3)c2cccc3cccc1c23. The molecule has 2 aliphatic carbocycles. The highest BCUT2D eigenvalue weighted by Crippen LogP contribution is 2.55. The van der Waals surface area contributed by atoms with Gasteiger partial charge in [0.25, 0.3) is 0 Å². The molecule has 0 nitrogen and oxygen atoms in total. The molecule has 8 aromatic carbocycles. The van der Waals surface area contributed by atoms with E-state index in [0.717, 1.165) is 24.8 Å². The van der Waals surface area contributed by atoms with Crippen LogP contribution in [0.2, 0.25) is 0 Å². The van der Waals surface area contributed by atoms with Crippen LogP contribution < -0.4 is 0 Å². The maximum atomic E-state index is 4.84. The molecule has 0 aromatic heterocycles. The number of hydrogen-bond acceptors (Lipinski definition) is 0. The average molecular weight is 703 g/mol. The van der Waals surface area contributed by atoms with Gasteiger partial charge in [0, 0.05) is 0 Å². The zero-order valence-corrected chi connectivity index (χ0v) is 31.5. The molecule has 0 amide bonds. The molecule has 0 atom stereocenters. The Morgan fingerprint density at radius 2 is 1.24 bits per heavy atom. The van der Waals surface area contributed by atoms with E-state index in [1.807, 2.05) is 0 Å². The van der Waals surface area contributed by atoms with Crippen LogP contribution in [-0.4, -0.2) is 0 Å². The third kappa shape index (κ3) is 5.28. The second kappa shape index (κ2) is 13.4. The Morgan fingerprint density at radius 1 is 0.527 bits per heavy atom. The van der Waals surface area contributed by atoms with Crippen molar-refractivity contribution in [3.05, 3.63) is 227 Å². The molecule has 0 bridgehead atoms. The molecule has 0 heteroatoms. The smallest absolute Gasteiger partial charge is 0.00174 e. The molecule has 2 aliphatic rings. The topological polar surface area (TPSA) is 0 Å². The van der Waals surface area contributed by atoms with Crippen molar-refractivity contribution in [2.45, 2.75) is 33.1 Å². The average Bonchev–Trinajstić information content (AvgIpc) is 3.71. The first-order chi connectivity index (χ1) is 27.1. The minimum atomic E-state index is 0.816. The maximum absolute atomic E-state index is 4.84. The molecular formula is C55H42. The van der Waals surface area contributed by atoms with Gasteiger partial charge < -0.3 is 0 Å². The quantitative estimate of drug-likeness (QED) is 0.148. The van der Waals surface area contributed by atoms with Gasteiger partial charge in [0.05, 0.1) is 0 Å². The van der Waals surface area contributed by atoms with Crippen LogP contribution in [0, 0.1) is 0 Å². The van der Waals surface area contributed by atoms with Crippen LogP contribution in [0.3, 0.4) is 0 Å². The molecule has 0 spiro atoms. The van der Waals surface area contributed by atoms with E-state index in [1.165, 1.54) is 111 Å². The molecule has 0 fully saturated rings. The Bertz CT molecular complexity index is 2890. The van der Waals surface area contributed by atoms with Crippen LogP contribution in [0.25, 0.3) is 66.1 Å². The van der Waals surface area contributed by atoms with Gasteiger partial charge >= 0.3 is 0 Å². The van der Waals surface area contributed by atoms with Crippen molar-refractivity contribution in [1.29, 1.82) is 0 Å². The van der Waals surface area contributed by atoms with Crippen LogP contribution in [0.15, 0.2) is 176 Å². The van der Waals surface area contributed by atoms with E-state index in [9.17, 15) is 0 Å². The van der Waals surface area contributed by atoms with E-state index in [0.29, 0.717) is 0 Å². The molecule has 0 N–H and O–H groups in total. The second-order valence-electron chi connectivity index (χ2n) is 14.9. The fourth-order valence-electron chi connectivity index (χ4n) is 9.48. The largest absolute Gasteiger partial charge is 0.0905 e. The zero-order chi connectivity index (χ0) is 37.0. The summed E-state index contributed by atoms with van der Waals surface area (Å²) in [5, 5.41) is 5.19. The van der Waals surface area contributed by atoms with E-state index in [-0.39, 0.29) is 0 Å². The first kappa shape index (κ1) is 33.1. The molecule has 0 saturated carbocycles. The van der Waals surface area contributed by atoms with Crippen LogP contribution in [0.1, 0.15) is 70.3 Å². The van der Waals surface area contributed by atoms with Gasteiger partial charge in [-0.05, 0) is 148 Å². The summed E-state index contributed by atoms with van der Waals surface area (Å²) in [5.41, 5.74) is 21.8. The van der Waals surface area contributed by atoms with Gasteiger partial charge in [-0.25, -0.2) is 0 Å². The van der Waals surface area contributed by atoms with E-state index < -0.39 is 0 Å². The summed E-state index contributed by atoms with van der Waals surface area (Å²) in [6.07, 6.45) is 5.20. The highest BCUT2D eigenvalue weighted by Gasteiger charge is 2.31. The molecule has 0 radical (unpaired) electrons. The Hall–Kier alpha value is -6.50. The van der Waals surface area contributed by atoms with Crippen molar-refractivity contribution in [2.75, 3.05) is 0 Å². The Kier molecular flexibility index (Phi) is 8.07. The Balaban J connectivity index is 1.28. The summed E-state index contributed by atoms with van der Waals surface area (Å²) >= 11 is 0. The van der Waals surface area contributed by atoms with E-state index in [4.69, 9.17) is 6.58 Å². The minimum Gasteiger partial charge on any atom is -0.0905 e. The normalized spacial score (nSPS) is 13.9. The van der Waals surface area contributed by atoms with E-state index in [2.05, 4.69) is 184 Å². The lowest BCUT2D eigenvalue weighted by atomic mass is 9.81. The molecule has 0 heterocycles. The fourth-order valence-corrected chi connectivity index (χ4v) is 9.48. The first-order valence-electron chi connectivity index (χ1n) is 19.7. The standard InChI is InChI=1S/C55H42/c1-4-17-43(44-25-13-12-20-37(44)5-2)40-30-31-45-46-27-16-29-48-53(41(32-36-18-8-6-9-19-36)34-50(55(46)48)49(45)33-40)54(39-21-10-7-11-22-39)51-35(3)42-26-14-23-38-24-15-28-47(51)52(38)42/h6-31,33-34H,3-5,32H2,1-2H3/b43-17-,54-51+. The molecule has 0 aliphatic heterocycles. The van der Waals surface area contributed by atoms with Crippen LogP contribution >= 0.6 is 0 Å². The van der Waals surface area contributed by atoms with Crippen molar-refractivity contribution in [3.8, 4) is 22.3 Å². The number of fused-ring (bicyclic) bond motifs is 3. The number of hydrogen-bond donors (Lipinski definition) is 0. The molecule has 0 saturated heterocycles. The van der Waals surface area contributed by atoms with Gasteiger partial charge in [-0.15, -0.1) is 0 Å². The number of aryl methyl sites for hydroxylation is 1. The maximum Gasteiger partial charge on any atom is -0.00174 e. The first-order valence-corrected chi connectivity index (χ1v) is 19.7. The zero-order valence-electron chi connectivity index (χ0n) is 31.5. The van der Waals surface area contributed by atoms with Crippen molar-refractivity contribution in [1.82, 2.24) is 0 Å². The number of rotatable bonds is 8. The third-order valence-electron chi connectivity index (χ3n) is 11.9. The summed E-state index contributed by atoms with van der Waals surface area (Å²) in [4.78, 5) is 0. The van der Waals surface area contributed by atoms with E-state index in [1.54, 1.807) is 0 Å². The minimum absolute atomic E-state index is 0.816. The van der Waals surface area contributed by atoms with Crippen LogP contribution in [-0.2, 0) is 12.8 Å². The summed E-state index contributed by atoms with van der Waals surface area (Å²) in [7, 11) is 0. The molecule has 0 unspecified atom stereocenters. The lowest BCUT2D eigenvalue weighted by molar-refractivity contribution is 1.12. The lowest BCUT2D eigenvalue weighted by Crippen LogP contribution is -2.02. The van der Waals surface area contributed by atoms with Gasteiger partial charge in [-0.2, -0.15) is 0 Å². The van der Waals surface area contributed by atoms with Crippen LogP contribution in [0.5, 0.6) is 0 Å². The summed E-state index contributed by atoms with van der Waals surface area (Å²) in [6.45, 7) is 9.34. The summed E-state index contributed by atoms with van der Waals surface area (Å²) in [6, 6.07) is 61.0. The van der Waals surface area contributed by atoms with Crippen molar-refractivity contribution < 1.29 is 0 Å². The lowest BCUT2D eigenvalue weighted by Gasteiger charge is -2.22. The predicted octanol–water partition coefficient (Wildman–Crippen LogP) is 14.6. The Labute approximate surface area is 324 Å². The Morgan fingerprint density at radius 3 is 2.02 bits per heavy atom. The van der Waals surface area contributed by atoms with Crippen molar-refractivity contribution in [3.63, 3.8) is 0 Å². The third-order valence-corrected chi connectivity index (χ3v) is 11.9. The molecule has 8 aromatic rings. The molecule has 55 heavy (non-hydrogen) atoms. The fraction of sp³-hybridized carbons (Fsp3) is 0.0909. The van der Waals surface area contributed by atoms with Crippen LogP contribution in [0.4, 0.5) is 0 Å². The summed E-state index contributed by atoms with van der Waals surface area (Å²) in [5.74, 6) is 0. The van der Waals surface area contributed by atoms with Gasteiger partial charge in [-0.1, -0.05) is 178 Å². The van der Waals surface area contributed by atoms with Gasteiger partial charge in [0.1, 0.15) is 0 Å². The molecule has 262 valence electrons. The van der Waals surface area contributed by atoms with E-state index >= 15 is 0 Å². The highest BCUT2D eigenvalue weighted by atomic mass is 14.3. The molecular weight excluding hydrogens is 661 g/mol. The van der Waals surface area contributed by atoms with Gasteiger partial charge in [0.2, 0.25) is 0 Å². The number of benzene rings is 8. The highest BCUT2D eigenvalue weighted by molar-refractivity contribution is 6.31. The predicted molar refractivity (Wildman–Crippen MR) is 236 cm³/mol. The summed E-state index contributed by atoms with van der Waals surface area (Å²) < 4.78 is 0. The number of allylic oxidation sites excluding steroid dienone is 3.